The summed E-state index contributed by atoms with van der Waals surface area (Å²) in [7, 11) is -4.21. The molecule has 0 unspecified atom stereocenters. The summed E-state index contributed by atoms with van der Waals surface area (Å²) in [5.41, 5.74) is 2.57. The third kappa shape index (κ3) is 7.16. The summed E-state index contributed by atoms with van der Waals surface area (Å²) in [6, 6.07) is 20.5. The molecule has 0 aliphatic carbocycles. The van der Waals surface area contributed by atoms with Gasteiger partial charge in [0, 0.05) is 24.3 Å². The minimum Gasteiger partial charge on any atom is -0.456 e. The molecule has 11 heteroatoms. The highest BCUT2D eigenvalue weighted by Gasteiger charge is 2.33. The zero-order valence-electron chi connectivity index (χ0n) is 24.6. The first kappa shape index (κ1) is 31.3. The number of hydrogen-bond donors (Lipinski definition) is 1. The standard InChI is InChI=1S/C33H33F3N2O5S/c1-22-4-15-30(44(40,41)37-31(39)29-14-5-23(2)43-29)28(20-22)25-8-6-24(7-9-25)21-42-32(3)16-18-38(19-17-32)27-12-10-26(11-13-27)33(34,35)36/h4-15,20H,16-19,21H2,1-3H3,(H,37,39). The molecule has 0 bridgehead atoms. The number of amides is 1. The molecule has 0 radical (unpaired) electrons. The third-order valence-electron chi connectivity index (χ3n) is 7.85. The van der Waals surface area contributed by atoms with Crippen LogP contribution < -0.4 is 9.62 Å². The van der Waals surface area contributed by atoms with Crippen molar-refractivity contribution in [1.29, 1.82) is 0 Å². The van der Waals surface area contributed by atoms with Crippen molar-refractivity contribution in [2.24, 2.45) is 0 Å². The Morgan fingerprint density at radius 2 is 1.61 bits per heavy atom. The Kier molecular flexibility index (Phi) is 8.64. The summed E-state index contributed by atoms with van der Waals surface area (Å²) >= 11 is 0. The van der Waals surface area contributed by atoms with E-state index in [1.165, 1.54) is 24.3 Å². The average Bonchev–Trinajstić information content (AvgIpc) is 3.42. The van der Waals surface area contributed by atoms with Crippen LogP contribution in [0.1, 0.15) is 52.8 Å². The van der Waals surface area contributed by atoms with Crippen LogP contribution in [0, 0.1) is 13.8 Å². The number of halogens is 3. The number of carbonyl (C=O) groups is 1. The number of piperidine rings is 1. The Hall–Kier alpha value is -4.09. The van der Waals surface area contributed by atoms with E-state index in [1.807, 2.05) is 38.1 Å². The molecule has 44 heavy (non-hydrogen) atoms. The van der Waals surface area contributed by atoms with Crippen LogP contribution in [0.3, 0.4) is 0 Å². The summed E-state index contributed by atoms with van der Waals surface area (Å²) in [4.78, 5) is 14.6. The molecule has 5 rings (SSSR count). The number of benzene rings is 3. The van der Waals surface area contributed by atoms with Crippen LogP contribution in [-0.2, 0) is 27.5 Å². The largest absolute Gasteiger partial charge is 0.456 e. The van der Waals surface area contributed by atoms with Gasteiger partial charge in [0.05, 0.1) is 22.7 Å². The van der Waals surface area contributed by atoms with Gasteiger partial charge < -0.3 is 14.1 Å². The predicted molar refractivity (Wildman–Crippen MR) is 161 cm³/mol. The topological polar surface area (TPSA) is 88.8 Å². The fourth-order valence-corrected chi connectivity index (χ4v) is 6.34. The van der Waals surface area contributed by atoms with Gasteiger partial charge in [-0.25, -0.2) is 13.1 Å². The van der Waals surface area contributed by atoms with Gasteiger partial charge in [-0.1, -0.05) is 42.0 Å². The summed E-state index contributed by atoms with van der Waals surface area (Å²) in [6.45, 7) is 7.20. The number of sulfonamides is 1. The molecule has 232 valence electrons. The number of carbonyl (C=O) groups excluding carboxylic acids is 1. The molecule has 1 N–H and O–H groups in total. The first-order chi connectivity index (χ1) is 20.7. The quantitative estimate of drug-likeness (QED) is 0.221. The zero-order valence-corrected chi connectivity index (χ0v) is 25.4. The molecule has 1 fully saturated rings. The van der Waals surface area contributed by atoms with E-state index in [4.69, 9.17) is 9.15 Å². The van der Waals surface area contributed by atoms with Crippen molar-refractivity contribution in [3.63, 3.8) is 0 Å². The Morgan fingerprint density at radius 3 is 2.20 bits per heavy atom. The van der Waals surface area contributed by atoms with E-state index in [0.717, 1.165) is 28.9 Å². The molecule has 1 aromatic heterocycles. The van der Waals surface area contributed by atoms with Crippen molar-refractivity contribution in [3.05, 3.63) is 107 Å². The van der Waals surface area contributed by atoms with Crippen molar-refractivity contribution in [3.8, 4) is 11.1 Å². The van der Waals surface area contributed by atoms with Crippen molar-refractivity contribution in [1.82, 2.24) is 4.72 Å². The maximum atomic E-state index is 13.2. The van der Waals surface area contributed by atoms with E-state index in [9.17, 15) is 26.4 Å². The number of aryl methyl sites for hydroxylation is 2. The van der Waals surface area contributed by atoms with Gasteiger partial charge in [0.15, 0.2) is 5.76 Å². The van der Waals surface area contributed by atoms with Gasteiger partial charge in [-0.15, -0.1) is 0 Å². The SMILES string of the molecule is Cc1ccc(S(=O)(=O)NC(=O)c2ccc(C)o2)c(-c2ccc(COC3(C)CCN(c4ccc(C(F)(F)F)cc4)CC3)cc2)c1. The van der Waals surface area contributed by atoms with Crippen LogP contribution >= 0.6 is 0 Å². The highest BCUT2D eigenvalue weighted by atomic mass is 32.2. The normalized spacial score (nSPS) is 15.3. The van der Waals surface area contributed by atoms with E-state index in [0.29, 0.717) is 49.4 Å². The summed E-state index contributed by atoms with van der Waals surface area (Å²) in [6.07, 6.45) is -2.94. The van der Waals surface area contributed by atoms with E-state index < -0.39 is 33.3 Å². The van der Waals surface area contributed by atoms with Crippen LogP contribution in [-0.4, -0.2) is 33.0 Å². The molecule has 3 aromatic carbocycles. The van der Waals surface area contributed by atoms with Gasteiger partial charge in [0.2, 0.25) is 0 Å². The number of alkyl halides is 3. The lowest BCUT2D eigenvalue weighted by atomic mass is 9.92. The second-order valence-corrected chi connectivity index (χ2v) is 13.0. The Balaban J connectivity index is 1.23. The molecule has 4 aromatic rings. The van der Waals surface area contributed by atoms with Gasteiger partial charge >= 0.3 is 12.1 Å². The molecule has 1 aliphatic heterocycles. The second-order valence-electron chi connectivity index (χ2n) is 11.3. The highest BCUT2D eigenvalue weighted by molar-refractivity contribution is 7.90. The van der Waals surface area contributed by atoms with Crippen molar-refractivity contribution in [2.75, 3.05) is 18.0 Å². The Labute approximate surface area is 254 Å². The summed E-state index contributed by atoms with van der Waals surface area (Å²) in [5.74, 6) is -0.455. The Bertz CT molecular complexity index is 1740. The van der Waals surface area contributed by atoms with E-state index in [-0.39, 0.29) is 10.7 Å². The minimum absolute atomic E-state index is 0.0314. The molecule has 2 heterocycles. The van der Waals surface area contributed by atoms with Gasteiger partial charge in [-0.3, -0.25) is 4.79 Å². The summed E-state index contributed by atoms with van der Waals surface area (Å²) in [5, 5.41) is 0. The van der Waals surface area contributed by atoms with E-state index in [2.05, 4.69) is 9.62 Å². The first-order valence-corrected chi connectivity index (χ1v) is 15.6. The predicted octanol–water partition coefficient (Wildman–Crippen LogP) is 7.28. The molecular formula is C33H33F3N2O5S. The van der Waals surface area contributed by atoms with Crippen LogP contribution in [0.4, 0.5) is 18.9 Å². The molecule has 1 saturated heterocycles. The van der Waals surface area contributed by atoms with Crippen LogP contribution in [0.5, 0.6) is 0 Å². The van der Waals surface area contributed by atoms with E-state index >= 15 is 0 Å². The third-order valence-corrected chi connectivity index (χ3v) is 9.24. The zero-order chi connectivity index (χ0) is 31.7. The molecule has 0 spiro atoms. The van der Waals surface area contributed by atoms with Gasteiger partial charge in [-0.2, -0.15) is 13.2 Å². The molecule has 0 atom stereocenters. The second kappa shape index (κ2) is 12.1. The number of ether oxygens (including phenoxy) is 1. The lowest BCUT2D eigenvalue weighted by Crippen LogP contribution is -2.44. The van der Waals surface area contributed by atoms with Crippen LogP contribution in [0.15, 0.2) is 88.2 Å². The molecule has 7 nitrogen and oxygen atoms in total. The number of anilines is 1. The summed E-state index contributed by atoms with van der Waals surface area (Å²) < 4.78 is 78.8. The number of hydrogen-bond acceptors (Lipinski definition) is 6. The van der Waals surface area contributed by atoms with Gasteiger partial charge in [0.25, 0.3) is 10.0 Å². The maximum Gasteiger partial charge on any atom is 0.416 e. The number of rotatable bonds is 8. The van der Waals surface area contributed by atoms with Crippen LogP contribution in [0.2, 0.25) is 0 Å². The lowest BCUT2D eigenvalue weighted by molar-refractivity contribution is -0.137. The Morgan fingerprint density at radius 1 is 0.955 bits per heavy atom. The number of nitrogens with one attached hydrogen (secondary N) is 1. The fourth-order valence-electron chi connectivity index (χ4n) is 5.17. The number of furan rings is 1. The maximum absolute atomic E-state index is 13.2. The molecule has 0 saturated carbocycles. The molecular weight excluding hydrogens is 593 g/mol. The molecule has 1 aliphatic rings. The minimum atomic E-state index is -4.36. The number of nitrogens with zero attached hydrogens (tertiary/aromatic N) is 1. The fraction of sp³-hybridized carbons (Fsp3) is 0.303. The van der Waals surface area contributed by atoms with Gasteiger partial charge in [-0.05, 0) is 87.2 Å². The van der Waals surface area contributed by atoms with Crippen LogP contribution in [0.25, 0.3) is 11.1 Å². The van der Waals surface area contributed by atoms with Crippen molar-refractivity contribution < 1.29 is 35.5 Å². The van der Waals surface area contributed by atoms with Crippen molar-refractivity contribution in [2.45, 2.75) is 56.9 Å². The highest BCUT2D eigenvalue weighted by Crippen LogP contribution is 2.34. The van der Waals surface area contributed by atoms with Crippen molar-refractivity contribution >= 4 is 21.6 Å². The smallest absolute Gasteiger partial charge is 0.416 e. The first-order valence-electron chi connectivity index (χ1n) is 14.1. The molecule has 1 amide bonds. The monoisotopic (exact) mass is 626 g/mol. The average molecular weight is 627 g/mol. The van der Waals surface area contributed by atoms with Gasteiger partial charge in [0.1, 0.15) is 5.76 Å². The lowest BCUT2D eigenvalue weighted by Gasteiger charge is -2.40. The van der Waals surface area contributed by atoms with E-state index in [1.54, 1.807) is 25.1 Å².